The molecular formula is C13H26N2O3. The summed E-state index contributed by atoms with van der Waals surface area (Å²) in [4.78, 5) is 22.4. The first-order chi connectivity index (χ1) is 8.43. The second-order valence-corrected chi connectivity index (χ2v) is 5.04. The van der Waals surface area contributed by atoms with Crippen molar-refractivity contribution in [2.75, 3.05) is 19.7 Å². The largest absolute Gasteiger partial charge is 0.464 e. The average molecular weight is 258 g/mol. The summed E-state index contributed by atoms with van der Waals surface area (Å²) in [6.07, 6.45) is 2.08. The molecule has 0 spiro atoms. The first-order valence-electron chi connectivity index (χ1n) is 6.61. The molecule has 0 saturated carbocycles. The molecule has 0 radical (unpaired) electrons. The van der Waals surface area contributed by atoms with E-state index in [2.05, 4.69) is 24.5 Å². The summed E-state index contributed by atoms with van der Waals surface area (Å²) in [7, 11) is 0. The number of hydrogen-bond acceptors (Lipinski definition) is 3. The Balaban J connectivity index is 3.40. The van der Waals surface area contributed by atoms with Gasteiger partial charge < -0.3 is 15.4 Å². The Morgan fingerprint density at radius 2 is 1.67 bits per heavy atom. The van der Waals surface area contributed by atoms with Crippen LogP contribution in [0.15, 0.2) is 0 Å². The maximum Gasteiger partial charge on any atom is 0.314 e. The molecule has 2 N–H and O–H groups in total. The van der Waals surface area contributed by atoms with Crippen molar-refractivity contribution in [1.82, 2.24) is 10.6 Å². The molecule has 0 fully saturated rings. The van der Waals surface area contributed by atoms with Crippen molar-refractivity contribution in [2.45, 2.75) is 40.5 Å². The summed E-state index contributed by atoms with van der Waals surface area (Å²) in [6, 6.07) is -0.209. The second kappa shape index (κ2) is 9.74. The van der Waals surface area contributed by atoms with Crippen molar-refractivity contribution >= 4 is 12.0 Å². The summed E-state index contributed by atoms with van der Waals surface area (Å²) in [5.41, 5.74) is 0. The van der Waals surface area contributed by atoms with E-state index < -0.39 is 0 Å². The lowest BCUT2D eigenvalue weighted by atomic mass is 10.1. The SMILES string of the molecule is CC(C)CCCNC(=O)NCCOC(=O)C(C)C. The van der Waals surface area contributed by atoms with Crippen molar-refractivity contribution in [2.24, 2.45) is 11.8 Å². The summed E-state index contributed by atoms with van der Waals surface area (Å²) in [6.45, 7) is 9.10. The lowest BCUT2D eigenvalue weighted by Gasteiger charge is -2.10. The van der Waals surface area contributed by atoms with Gasteiger partial charge in [0.2, 0.25) is 0 Å². The highest BCUT2D eigenvalue weighted by Crippen LogP contribution is 2.01. The molecule has 2 amide bonds. The molecule has 0 rings (SSSR count). The highest BCUT2D eigenvalue weighted by atomic mass is 16.5. The van der Waals surface area contributed by atoms with Crippen LogP contribution in [0.25, 0.3) is 0 Å². The zero-order chi connectivity index (χ0) is 14.0. The molecule has 0 aromatic carbocycles. The van der Waals surface area contributed by atoms with Crippen LogP contribution in [0.4, 0.5) is 4.79 Å². The summed E-state index contributed by atoms with van der Waals surface area (Å²) in [5.74, 6) is 0.286. The molecule has 0 aromatic heterocycles. The van der Waals surface area contributed by atoms with Crippen LogP contribution < -0.4 is 10.6 Å². The highest BCUT2D eigenvalue weighted by molar-refractivity contribution is 5.74. The zero-order valence-corrected chi connectivity index (χ0v) is 11.9. The number of carbonyl (C=O) groups excluding carboxylic acids is 2. The van der Waals surface area contributed by atoms with E-state index in [1.807, 2.05) is 0 Å². The number of hydrogen-bond donors (Lipinski definition) is 2. The number of ether oxygens (including phenoxy) is 1. The minimum atomic E-state index is -0.242. The standard InChI is InChI=1S/C13H26N2O3/c1-10(2)6-5-7-14-13(17)15-8-9-18-12(16)11(3)4/h10-11H,5-9H2,1-4H3,(H2,14,15,17). The smallest absolute Gasteiger partial charge is 0.314 e. The van der Waals surface area contributed by atoms with Gasteiger partial charge >= 0.3 is 12.0 Å². The first kappa shape index (κ1) is 16.7. The average Bonchev–Trinajstić information content (AvgIpc) is 2.29. The minimum absolute atomic E-state index is 0.130. The van der Waals surface area contributed by atoms with Gasteiger partial charge in [-0.25, -0.2) is 4.79 Å². The normalized spacial score (nSPS) is 10.6. The maximum absolute atomic E-state index is 11.3. The van der Waals surface area contributed by atoms with E-state index in [0.717, 1.165) is 12.8 Å². The van der Waals surface area contributed by atoms with E-state index in [4.69, 9.17) is 4.74 Å². The van der Waals surface area contributed by atoms with Gasteiger partial charge in [0.25, 0.3) is 0 Å². The Labute approximate surface area is 110 Å². The number of amides is 2. The molecular weight excluding hydrogens is 232 g/mol. The van der Waals surface area contributed by atoms with Gasteiger partial charge in [-0.1, -0.05) is 27.7 Å². The van der Waals surface area contributed by atoms with Crippen LogP contribution >= 0.6 is 0 Å². The number of carbonyl (C=O) groups is 2. The molecule has 0 heterocycles. The van der Waals surface area contributed by atoms with Gasteiger partial charge in [0.15, 0.2) is 0 Å². The third kappa shape index (κ3) is 9.93. The van der Waals surface area contributed by atoms with E-state index in [1.54, 1.807) is 13.8 Å². The van der Waals surface area contributed by atoms with Gasteiger partial charge in [-0.2, -0.15) is 0 Å². The van der Waals surface area contributed by atoms with Crippen LogP contribution in [-0.4, -0.2) is 31.7 Å². The Morgan fingerprint density at radius 1 is 1.06 bits per heavy atom. The lowest BCUT2D eigenvalue weighted by Crippen LogP contribution is -2.38. The Bertz CT molecular complexity index is 253. The molecule has 0 aliphatic carbocycles. The number of urea groups is 1. The molecule has 0 aliphatic heterocycles. The fraction of sp³-hybridized carbons (Fsp3) is 0.846. The fourth-order valence-corrected chi connectivity index (χ4v) is 1.26. The van der Waals surface area contributed by atoms with Crippen molar-refractivity contribution < 1.29 is 14.3 Å². The van der Waals surface area contributed by atoms with Crippen molar-refractivity contribution in [1.29, 1.82) is 0 Å². The molecule has 18 heavy (non-hydrogen) atoms. The van der Waals surface area contributed by atoms with Crippen molar-refractivity contribution in [3.05, 3.63) is 0 Å². The van der Waals surface area contributed by atoms with Crippen LogP contribution in [0.3, 0.4) is 0 Å². The fourth-order valence-electron chi connectivity index (χ4n) is 1.26. The van der Waals surface area contributed by atoms with Gasteiger partial charge in [0.05, 0.1) is 12.5 Å². The quantitative estimate of drug-likeness (QED) is 0.516. The van der Waals surface area contributed by atoms with Crippen molar-refractivity contribution in [3.63, 3.8) is 0 Å². The predicted molar refractivity (Wildman–Crippen MR) is 71.3 cm³/mol. The summed E-state index contributed by atoms with van der Waals surface area (Å²) >= 11 is 0. The van der Waals surface area contributed by atoms with Gasteiger partial charge in [-0.15, -0.1) is 0 Å². The molecule has 0 unspecified atom stereocenters. The lowest BCUT2D eigenvalue weighted by molar-refractivity contribution is -0.147. The van der Waals surface area contributed by atoms with Crippen LogP contribution in [0.1, 0.15) is 40.5 Å². The Morgan fingerprint density at radius 3 is 2.22 bits per heavy atom. The molecule has 0 aliphatic rings. The Hall–Kier alpha value is -1.26. The van der Waals surface area contributed by atoms with E-state index >= 15 is 0 Å². The van der Waals surface area contributed by atoms with E-state index in [-0.39, 0.29) is 24.5 Å². The van der Waals surface area contributed by atoms with Crippen LogP contribution in [0.2, 0.25) is 0 Å². The molecule has 0 saturated heterocycles. The van der Waals surface area contributed by atoms with E-state index in [9.17, 15) is 9.59 Å². The summed E-state index contributed by atoms with van der Waals surface area (Å²) < 4.78 is 4.93. The van der Waals surface area contributed by atoms with Crippen LogP contribution in [0.5, 0.6) is 0 Å². The maximum atomic E-state index is 11.3. The van der Waals surface area contributed by atoms with Gasteiger partial charge in [-0.05, 0) is 18.8 Å². The van der Waals surface area contributed by atoms with E-state index in [0.29, 0.717) is 19.0 Å². The predicted octanol–water partition coefficient (Wildman–Crippen LogP) is 1.92. The van der Waals surface area contributed by atoms with Gasteiger partial charge in [0.1, 0.15) is 6.61 Å². The minimum Gasteiger partial charge on any atom is -0.464 e. The third-order valence-electron chi connectivity index (χ3n) is 2.35. The molecule has 106 valence electrons. The molecule has 5 heteroatoms. The molecule has 0 aromatic rings. The van der Waals surface area contributed by atoms with E-state index in [1.165, 1.54) is 0 Å². The number of rotatable bonds is 8. The number of nitrogens with one attached hydrogen (secondary N) is 2. The third-order valence-corrected chi connectivity index (χ3v) is 2.35. The first-order valence-corrected chi connectivity index (χ1v) is 6.61. The van der Waals surface area contributed by atoms with Gasteiger partial charge in [0, 0.05) is 6.54 Å². The van der Waals surface area contributed by atoms with Crippen LogP contribution in [0, 0.1) is 11.8 Å². The Kier molecular flexibility index (Phi) is 9.06. The van der Waals surface area contributed by atoms with Crippen molar-refractivity contribution in [3.8, 4) is 0 Å². The number of esters is 1. The topological polar surface area (TPSA) is 67.4 Å². The molecule has 0 atom stereocenters. The highest BCUT2D eigenvalue weighted by Gasteiger charge is 2.07. The van der Waals surface area contributed by atoms with Gasteiger partial charge in [-0.3, -0.25) is 4.79 Å². The zero-order valence-electron chi connectivity index (χ0n) is 11.9. The second-order valence-electron chi connectivity index (χ2n) is 5.04. The summed E-state index contributed by atoms with van der Waals surface area (Å²) in [5, 5.41) is 5.40. The molecule has 0 bridgehead atoms. The monoisotopic (exact) mass is 258 g/mol. The van der Waals surface area contributed by atoms with Crippen LogP contribution in [-0.2, 0) is 9.53 Å². The molecule has 5 nitrogen and oxygen atoms in total.